The van der Waals surface area contributed by atoms with E-state index in [1.54, 1.807) is 18.2 Å². The minimum absolute atomic E-state index is 0.00354. The van der Waals surface area contributed by atoms with Crippen LogP contribution in [0.1, 0.15) is 10.4 Å². The number of piperazine rings is 1. The van der Waals surface area contributed by atoms with E-state index in [0.717, 1.165) is 10.9 Å². The second kappa shape index (κ2) is 6.96. The first-order valence-electron chi connectivity index (χ1n) is 9.06. The van der Waals surface area contributed by atoms with Crippen molar-refractivity contribution in [1.29, 1.82) is 0 Å². The highest BCUT2D eigenvalue weighted by Crippen LogP contribution is 2.26. The number of primary sulfonamides is 1. The Hall–Kier alpha value is -2.84. The molecule has 0 unspecified atom stereocenters. The summed E-state index contributed by atoms with van der Waals surface area (Å²) in [4.78, 5) is 17.0. The summed E-state index contributed by atoms with van der Waals surface area (Å²) in [5, 5.41) is 6.29. The monoisotopic (exact) mass is 398 g/mol. The van der Waals surface area contributed by atoms with Gasteiger partial charge in [0.25, 0.3) is 5.91 Å². The average Bonchev–Trinajstić information content (AvgIpc) is 3.04. The molecule has 1 aliphatic heterocycles. The molecule has 0 bridgehead atoms. The number of nitrogens with zero attached hydrogens (tertiary/aromatic N) is 3. The lowest BCUT2D eigenvalue weighted by Crippen LogP contribution is -2.49. The SMILES string of the molecule is Cn1cc(C(=O)N2CCN(c3ccccc3S(N)(=O)=O)CC2)c2ccccc21. The number of sulfonamides is 1. The third kappa shape index (κ3) is 3.25. The molecule has 0 atom stereocenters. The molecule has 0 spiro atoms. The maximum atomic E-state index is 13.1. The van der Waals surface area contributed by atoms with Gasteiger partial charge in [-0.25, -0.2) is 13.6 Å². The molecule has 2 aromatic carbocycles. The van der Waals surface area contributed by atoms with Gasteiger partial charge >= 0.3 is 0 Å². The molecule has 0 aliphatic carbocycles. The molecule has 1 amide bonds. The van der Waals surface area contributed by atoms with E-state index in [4.69, 9.17) is 5.14 Å². The van der Waals surface area contributed by atoms with E-state index in [9.17, 15) is 13.2 Å². The van der Waals surface area contributed by atoms with Gasteiger partial charge in [0.15, 0.2) is 0 Å². The number of benzene rings is 2. The van der Waals surface area contributed by atoms with Crippen LogP contribution in [-0.2, 0) is 17.1 Å². The van der Waals surface area contributed by atoms with Crippen LogP contribution in [0.15, 0.2) is 59.6 Å². The minimum atomic E-state index is -3.80. The number of fused-ring (bicyclic) bond motifs is 1. The van der Waals surface area contributed by atoms with E-state index in [1.807, 2.05) is 51.9 Å². The van der Waals surface area contributed by atoms with Gasteiger partial charge in [0, 0.05) is 50.3 Å². The molecular formula is C20H22N4O3S. The van der Waals surface area contributed by atoms with Crippen LogP contribution in [-0.4, -0.2) is 50.0 Å². The van der Waals surface area contributed by atoms with Crippen LogP contribution in [0.4, 0.5) is 5.69 Å². The molecule has 1 saturated heterocycles. The molecule has 1 aliphatic rings. The Morgan fingerprint density at radius 2 is 1.61 bits per heavy atom. The summed E-state index contributed by atoms with van der Waals surface area (Å²) >= 11 is 0. The van der Waals surface area contributed by atoms with Gasteiger partial charge in [0.1, 0.15) is 4.90 Å². The van der Waals surface area contributed by atoms with Gasteiger partial charge in [-0.15, -0.1) is 0 Å². The number of nitrogens with two attached hydrogens (primary N) is 1. The zero-order chi connectivity index (χ0) is 19.9. The number of amides is 1. The standard InChI is InChI=1S/C20H22N4O3S/c1-22-14-16(15-6-2-3-7-17(15)22)20(25)24-12-10-23(11-13-24)18-8-4-5-9-19(18)28(21,26)27/h2-9,14H,10-13H2,1H3,(H2,21,26,27). The normalized spacial score (nSPS) is 15.2. The highest BCUT2D eigenvalue weighted by Gasteiger charge is 2.26. The fourth-order valence-electron chi connectivity index (χ4n) is 3.79. The van der Waals surface area contributed by atoms with Gasteiger partial charge < -0.3 is 14.4 Å². The van der Waals surface area contributed by atoms with Crippen molar-refractivity contribution in [3.8, 4) is 0 Å². The summed E-state index contributed by atoms with van der Waals surface area (Å²) in [6.45, 7) is 2.12. The molecule has 3 aromatic rings. The van der Waals surface area contributed by atoms with Crippen molar-refractivity contribution in [2.45, 2.75) is 4.90 Å². The predicted octanol–water partition coefficient (Wildman–Crippen LogP) is 1.79. The third-order valence-corrected chi connectivity index (χ3v) is 6.16. The Morgan fingerprint density at radius 3 is 2.32 bits per heavy atom. The zero-order valence-corrected chi connectivity index (χ0v) is 16.4. The van der Waals surface area contributed by atoms with Gasteiger partial charge in [-0.1, -0.05) is 30.3 Å². The van der Waals surface area contributed by atoms with E-state index in [1.165, 1.54) is 6.07 Å². The maximum Gasteiger partial charge on any atom is 0.256 e. The predicted molar refractivity (Wildman–Crippen MR) is 109 cm³/mol. The summed E-state index contributed by atoms with van der Waals surface area (Å²) < 4.78 is 25.7. The summed E-state index contributed by atoms with van der Waals surface area (Å²) in [5.74, 6) is -0.00354. The van der Waals surface area contributed by atoms with Gasteiger partial charge in [-0.3, -0.25) is 4.79 Å². The van der Waals surface area contributed by atoms with Crippen molar-refractivity contribution in [2.75, 3.05) is 31.1 Å². The van der Waals surface area contributed by atoms with Crippen molar-refractivity contribution in [3.05, 3.63) is 60.3 Å². The number of carbonyl (C=O) groups excluding carboxylic acids is 1. The van der Waals surface area contributed by atoms with E-state index >= 15 is 0 Å². The number of aromatic nitrogens is 1. The van der Waals surface area contributed by atoms with Crippen LogP contribution in [0.5, 0.6) is 0 Å². The highest BCUT2D eigenvalue weighted by atomic mass is 32.2. The maximum absolute atomic E-state index is 13.1. The molecule has 2 N–H and O–H groups in total. The fourth-order valence-corrected chi connectivity index (χ4v) is 4.55. The summed E-state index contributed by atoms with van der Waals surface area (Å²) in [7, 11) is -1.87. The number of rotatable bonds is 3. The van der Waals surface area contributed by atoms with Crippen molar-refractivity contribution >= 4 is 32.5 Å². The van der Waals surface area contributed by atoms with E-state index in [-0.39, 0.29) is 10.8 Å². The quantitative estimate of drug-likeness (QED) is 0.728. The number of para-hydroxylation sites is 2. The van der Waals surface area contributed by atoms with Gasteiger partial charge in [-0.05, 0) is 18.2 Å². The number of aryl methyl sites for hydroxylation is 1. The molecule has 28 heavy (non-hydrogen) atoms. The summed E-state index contributed by atoms with van der Waals surface area (Å²) in [6.07, 6.45) is 1.87. The van der Waals surface area contributed by atoms with Crippen LogP contribution in [0.3, 0.4) is 0 Å². The molecule has 7 nitrogen and oxygen atoms in total. The first-order chi connectivity index (χ1) is 13.4. The van der Waals surface area contributed by atoms with Crippen LogP contribution < -0.4 is 10.0 Å². The van der Waals surface area contributed by atoms with E-state index in [0.29, 0.717) is 37.4 Å². The molecule has 8 heteroatoms. The van der Waals surface area contributed by atoms with E-state index < -0.39 is 10.0 Å². The van der Waals surface area contributed by atoms with Crippen LogP contribution in [0.25, 0.3) is 10.9 Å². The first-order valence-corrected chi connectivity index (χ1v) is 10.6. The van der Waals surface area contributed by atoms with Crippen LogP contribution in [0.2, 0.25) is 0 Å². The molecule has 1 fully saturated rings. The number of anilines is 1. The first kappa shape index (κ1) is 18.5. The third-order valence-electron chi connectivity index (χ3n) is 5.21. The van der Waals surface area contributed by atoms with Gasteiger partial charge in [-0.2, -0.15) is 0 Å². The van der Waals surface area contributed by atoms with Crippen molar-refractivity contribution in [1.82, 2.24) is 9.47 Å². The Bertz CT molecular complexity index is 1150. The molecule has 0 radical (unpaired) electrons. The Kier molecular flexibility index (Phi) is 4.60. The second-order valence-corrected chi connectivity index (χ2v) is 8.49. The lowest BCUT2D eigenvalue weighted by atomic mass is 10.1. The zero-order valence-electron chi connectivity index (χ0n) is 15.6. The molecule has 0 saturated carbocycles. The molecular weight excluding hydrogens is 376 g/mol. The van der Waals surface area contributed by atoms with Crippen molar-refractivity contribution in [3.63, 3.8) is 0 Å². The van der Waals surface area contributed by atoms with Crippen molar-refractivity contribution < 1.29 is 13.2 Å². The van der Waals surface area contributed by atoms with Crippen LogP contribution >= 0.6 is 0 Å². The Balaban J connectivity index is 1.54. The number of carbonyl (C=O) groups is 1. The number of hydrogen-bond acceptors (Lipinski definition) is 4. The molecule has 146 valence electrons. The smallest absolute Gasteiger partial charge is 0.256 e. The lowest BCUT2D eigenvalue weighted by Gasteiger charge is -2.36. The van der Waals surface area contributed by atoms with Gasteiger partial charge in [0.05, 0.1) is 11.3 Å². The van der Waals surface area contributed by atoms with Gasteiger partial charge in [0.2, 0.25) is 10.0 Å². The summed E-state index contributed by atoms with van der Waals surface area (Å²) in [5.41, 5.74) is 2.30. The lowest BCUT2D eigenvalue weighted by molar-refractivity contribution is 0.0748. The summed E-state index contributed by atoms with van der Waals surface area (Å²) in [6, 6.07) is 14.6. The average molecular weight is 398 g/mol. The Labute approximate surface area is 164 Å². The molecule has 2 heterocycles. The minimum Gasteiger partial charge on any atom is -0.367 e. The van der Waals surface area contributed by atoms with Crippen molar-refractivity contribution in [2.24, 2.45) is 12.2 Å². The van der Waals surface area contributed by atoms with E-state index in [2.05, 4.69) is 0 Å². The Morgan fingerprint density at radius 1 is 0.964 bits per heavy atom. The highest BCUT2D eigenvalue weighted by molar-refractivity contribution is 7.89. The molecule has 1 aromatic heterocycles. The largest absolute Gasteiger partial charge is 0.367 e. The fraction of sp³-hybridized carbons (Fsp3) is 0.250. The van der Waals surface area contributed by atoms with Crippen LogP contribution in [0, 0.1) is 0 Å². The number of hydrogen-bond donors (Lipinski definition) is 1. The molecule has 4 rings (SSSR count). The topological polar surface area (TPSA) is 88.6 Å². The second-order valence-electron chi connectivity index (χ2n) is 6.96.